The van der Waals surface area contributed by atoms with Crippen molar-refractivity contribution in [2.45, 2.75) is 19.8 Å². The zero-order valence-electron chi connectivity index (χ0n) is 9.35. The van der Waals surface area contributed by atoms with Gasteiger partial charge in [0, 0.05) is 23.7 Å². The lowest BCUT2D eigenvalue weighted by molar-refractivity contribution is 0.885. The van der Waals surface area contributed by atoms with Crippen molar-refractivity contribution in [2.24, 2.45) is 0 Å². The zero-order chi connectivity index (χ0) is 11.4. The molecule has 0 saturated carbocycles. The first-order valence-corrected chi connectivity index (χ1v) is 5.46. The van der Waals surface area contributed by atoms with E-state index in [0.717, 1.165) is 29.7 Å². The van der Waals surface area contributed by atoms with E-state index in [1.165, 1.54) is 0 Å². The van der Waals surface area contributed by atoms with Gasteiger partial charge in [0.25, 0.3) is 0 Å². The van der Waals surface area contributed by atoms with Gasteiger partial charge in [0.05, 0.1) is 11.9 Å². The molecule has 2 aromatic heterocycles. The Balaban J connectivity index is 2.49. The van der Waals surface area contributed by atoms with Gasteiger partial charge < -0.3 is 5.73 Å². The van der Waals surface area contributed by atoms with Gasteiger partial charge in [-0.25, -0.2) is 0 Å². The Morgan fingerprint density at radius 2 is 2.00 bits per heavy atom. The molecule has 0 unspecified atom stereocenters. The number of aryl methyl sites for hydroxylation is 1. The monoisotopic (exact) mass is 213 g/mol. The van der Waals surface area contributed by atoms with Crippen LogP contribution < -0.4 is 5.73 Å². The SMILES string of the molecule is CCCc1ncc(N)cc1-c1ccncc1. The van der Waals surface area contributed by atoms with Crippen molar-refractivity contribution in [3.05, 3.63) is 42.5 Å². The number of pyridine rings is 2. The van der Waals surface area contributed by atoms with Crippen molar-refractivity contribution >= 4 is 5.69 Å². The van der Waals surface area contributed by atoms with Crippen LogP contribution in [-0.2, 0) is 6.42 Å². The van der Waals surface area contributed by atoms with Crippen molar-refractivity contribution in [1.29, 1.82) is 0 Å². The molecule has 0 aliphatic heterocycles. The number of nitrogen functional groups attached to an aromatic ring is 1. The van der Waals surface area contributed by atoms with Crippen LogP contribution >= 0.6 is 0 Å². The maximum absolute atomic E-state index is 5.78. The van der Waals surface area contributed by atoms with Gasteiger partial charge >= 0.3 is 0 Å². The molecule has 0 amide bonds. The summed E-state index contributed by atoms with van der Waals surface area (Å²) in [6.45, 7) is 2.15. The van der Waals surface area contributed by atoms with E-state index in [4.69, 9.17) is 5.73 Å². The number of hydrogen-bond donors (Lipinski definition) is 1. The summed E-state index contributed by atoms with van der Waals surface area (Å²) in [4.78, 5) is 8.42. The zero-order valence-corrected chi connectivity index (χ0v) is 9.35. The van der Waals surface area contributed by atoms with Gasteiger partial charge in [-0.05, 0) is 30.2 Å². The van der Waals surface area contributed by atoms with Gasteiger partial charge in [-0.2, -0.15) is 0 Å². The summed E-state index contributed by atoms with van der Waals surface area (Å²) in [6, 6.07) is 5.94. The molecule has 0 spiro atoms. The average molecular weight is 213 g/mol. The molecule has 2 rings (SSSR count). The predicted octanol–water partition coefficient (Wildman–Crippen LogP) is 2.68. The Labute approximate surface area is 95.4 Å². The lowest BCUT2D eigenvalue weighted by Crippen LogP contribution is -1.96. The van der Waals surface area contributed by atoms with E-state index in [2.05, 4.69) is 16.9 Å². The van der Waals surface area contributed by atoms with E-state index in [1.54, 1.807) is 18.6 Å². The van der Waals surface area contributed by atoms with Gasteiger partial charge in [0.1, 0.15) is 0 Å². The van der Waals surface area contributed by atoms with Gasteiger partial charge in [-0.1, -0.05) is 13.3 Å². The van der Waals surface area contributed by atoms with E-state index >= 15 is 0 Å². The van der Waals surface area contributed by atoms with E-state index in [1.807, 2.05) is 18.2 Å². The molecule has 0 aromatic carbocycles. The van der Waals surface area contributed by atoms with Crippen molar-refractivity contribution in [2.75, 3.05) is 5.73 Å². The summed E-state index contributed by atoms with van der Waals surface area (Å²) < 4.78 is 0. The summed E-state index contributed by atoms with van der Waals surface area (Å²) >= 11 is 0. The third-order valence-electron chi connectivity index (χ3n) is 2.47. The number of nitrogens with zero attached hydrogens (tertiary/aromatic N) is 2. The minimum absolute atomic E-state index is 0.701. The smallest absolute Gasteiger partial charge is 0.0507 e. The Bertz CT molecular complexity index is 466. The molecular weight excluding hydrogens is 198 g/mol. The minimum Gasteiger partial charge on any atom is -0.397 e. The molecule has 2 N–H and O–H groups in total. The summed E-state index contributed by atoms with van der Waals surface area (Å²) in [5, 5.41) is 0. The van der Waals surface area contributed by atoms with E-state index in [0.29, 0.717) is 5.69 Å². The molecule has 82 valence electrons. The standard InChI is InChI=1S/C13H15N3/c1-2-3-13-12(8-11(14)9-16-13)10-4-6-15-7-5-10/h4-9H,2-3,14H2,1H3. The normalized spacial score (nSPS) is 10.3. The highest BCUT2D eigenvalue weighted by Crippen LogP contribution is 2.24. The second kappa shape index (κ2) is 4.75. The summed E-state index contributed by atoms with van der Waals surface area (Å²) in [5.74, 6) is 0. The average Bonchev–Trinajstić information content (AvgIpc) is 2.33. The Hall–Kier alpha value is -1.90. The van der Waals surface area contributed by atoms with Crippen LogP contribution in [0.5, 0.6) is 0 Å². The van der Waals surface area contributed by atoms with Crippen LogP contribution in [0.2, 0.25) is 0 Å². The highest BCUT2D eigenvalue weighted by Gasteiger charge is 2.06. The fourth-order valence-electron chi connectivity index (χ4n) is 1.73. The summed E-state index contributed by atoms with van der Waals surface area (Å²) in [7, 11) is 0. The first kappa shape index (κ1) is 10.6. The van der Waals surface area contributed by atoms with Gasteiger partial charge in [-0.3, -0.25) is 9.97 Å². The lowest BCUT2D eigenvalue weighted by Gasteiger charge is -2.08. The number of anilines is 1. The van der Waals surface area contributed by atoms with E-state index in [-0.39, 0.29) is 0 Å². The van der Waals surface area contributed by atoms with Gasteiger partial charge in [-0.15, -0.1) is 0 Å². The largest absolute Gasteiger partial charge is 0.397 e. The molecule has 2 aromatic rings. The molecule has 0 aliphatic rings. The summed E-state index contributed by atoms with van der Waals surface area (Å²) in [6.07, 6.45) is 7.34. The number of aromatic nitrogens is 2. The van der Waals surface area contributed by atoms with Gasteiger partial charge in [0.2, 0.25) is 0 Å². The Morgan fingerprint density at radius 3 is 2.69 bits per heavy atom. The molecule has 0 fully saturated rings. The molecule has 16 heavy (non-hydrogen) atoms. The molecular formula is C13H15N3. The number of rotatable bonds is 3. The van der Waals surface area contributed by atoms with Crippen LogP contribution in [0.1, 0.15) is 19.0 Å². The highest BCUT2D eigenvalue weighted by molar-refractivity contribution is 5.68. The Morgan fingerprint density at radius 1 is 1.25 bits per heavy atom. The second-order valence-electron chi connectivity index (χ2n) is 3.75. The first-order valence-electron chi connectivity index (χ1n) is 5.46. The third kappa shape index (κ3) is 2.19. The number of nitrogens with two attached hydrogens (primary N) is 1. The highest BCUT2D eigenvalue weighted by atomic mass is 14.7. The van der Waals surface area contributed by atoms with Crippen LogP contribution in [0.4, 0.5) is 5.69 Å². The molecule has 3 heteroatoms. The van der Waals surface area contributed by atoms with E-state index in [9.17, 15) is 0 Å². The third-order valence-corrected chi connectivity index (χ3v) is 2.47. The molecule has 2 heterocycles. The quantitative estimate of drug-likeness (QED) is 0.852. The lowest BCUT2D eigenvalue weighted by atomic mass is 10.0. The number of hydrogen-bond acceptors (Lipinski definition) is 3. The van der Waals surface area contributed by atoms with Crippen LogP contribution in [0.25, 0.3) is 11.1 Å². The fraction of sp³-hybridized carbons (Fsp3) is 0.231. The maximum Gasteiger partial charge on any atom is 0.0507 e. The first-order chi connectivity index (χ1) is 7.81. The maximum atomic E-state index is 5.78. The van der Waals surface area contributed by atoms with Gasteiger partial charge in [0.15, 0.2) is 0 Å². The molecule has 0 atom stereocenters. The van der Waals surface area contributed by atoms with Crippen molar-refractivity contribution < 1.29 is 0 Å². The summed E-state index contributed by atoms with van der Waals surface area (Å²) in [5.41, 5.74) is 9.82. The van der Waals surface area contributed by atoms with Crippen molar-refractivity contribution in [3.8, 4) is 11.1 Å². The topological polar surface area (TPSA) is 51.8 Å². The van der Waals surface area contributed by atoms with Crippen LogP contribution in [0, 0.1) is 0 Å². The predicted molar refractivity (Wildman–Crippen MR) is 65.9 cm³/mol. The fourth-order valence-corrected chi connectivity index (χ4v) is 1.73. The molecule has 3 nitrogen and oxygen atoms in total. The van der Waals surface area contributed by atoms with Crippen LogP contribution in [-0.4, -0.2) is 9.97 Å². The van der Waals surface area contributed by atoms with Crippen LogP contribution in [0.3, 0.4) is 0 Å². The Kier molecular flexibility index (Phi) is 3.15. The van der Waals surface area contributed by atoms with Crippen molar-refractivity contribution in [3.63, 3.8) is 0 Å². The van der Waals surface area contributed by atoms with E-state index < -0.39 is 0 Å². The van der Waals surface area contributed by atoms with Crippen LogP contribution in [0.15, 0.2) is 36.8 Å². The van der Waals surface area contributed by atoms with Crippen molar-refractivity contribution in [1.82, 2.24) is 9.97 Å². The minimum atomic E-state index is 0.701. The molecule has 0 aliphatic carbocycles. The molecule has 0 radical (unpaired) electrons. The molecule has 0 bridgehead atoms. The second-order valence-corrected chi connectivity index (χ2v) is 3.75. The molecule has 0 saturated heterocycles.